The van der Waals surface area contributed by atoms with Crippen LogP contribution in [0, 0.1) is 5.82 Å². The van der Waals surface area contributed by atoms with Crippen LogP contribution in [-0.4, -0.2) is 0 Å². The highest BCUT2D eigenvalue weighted by atomic mass is 79.9. The molecule has 0 spiro atoms. The Morgan fingerprint density at radius 3 is 2.53 bits per heavy atom. The zero-order valence-corrected chi connectivity index (χ0v) is 12.2. The maximum absolute atomic E-state index is 13.9. The second-order valence-corrected chi connectivity index (χ2v) is 5.48. The summed E-state index contributed by atoms with van der Waals surface area (Å²) < 4.78 is 14.4. The van der Waals surface area contributed by atoms with Crippen molar-refractivity contribution in [1.82, 2.24) is 0 Å². The molecule has 0 bridgehead atoms. The quantitative estimate of drug-likeness (QED) is 0.855. The second kappa shape index (κ2) is 6.83. The van der Waals surface area contributed by atoms with Gasteiger partial charge in [0.05, 0.1) is 4.47 Å². The molecular formula is C16H17BrFN. The van der Waals surface area contributed by atoms with Gasteiger partial charge in [0.25, 0.3) is 0 Å². The van der Waals surface area contributed by atoms with Crippen LogP contribution in [0.3, 0.4) is 0 Å². The average molecular weight is 322 g/mol. The highest BCUT2D eigenvalue weighted by Gasteiger charge is 2.13. The first-order valence-electron chi connectivity index (χ1n) is 6.42. The van der Waals surface area contributed by atoms with Crippen LogP contribution in [0.1, 0.15) is 30.0 Å². The lowest BCUT2D eigenvalue weighted by Crippen LogP contribution is -2.12. The van der Waals surface area contributed by atoms with Crippen molar-refractivity contribution in [1.29, 1.82) is 0 Å². The molecule has 2 aromatic carbocycles. The number of rotatable bonds is 5. The SMILES string of the molecule is NC(CCCc1ccccc1)c1cccc(Br)c1F. The molecule has 100 valence electrons. The highest BCUT2D eigenvalue weighted by Crippen LogP contribution is 2.25. The molecule has 0 heterocycles. The summed E-state index contributed by atoms with van der Waals surface area (Å²) >= 11 is 3.19. The third-order valence-electron chi connectivity index (χ3n) is 3.20. The van der Waals surface area contributed by atoms with Crippen LogP contribution in [-0.2, 0) is 6.42 Å². The minimum Gasteiger partial charge on any atom is -0.324 e. The van der Waals surface area contributed by atoms with Crippen molar-refractivity contribution in [2.75, 3.05) is 0 Å². The van der Waals surface area contributed by atoms with Gasteiger partial charge in [-0.25, -0.2) is 4.39 Å². The summed E-state index contributed by atoms with van der Waals surface area (Å²) in [6.07, 6.45) is 2.71. The number of benzene rings is 2. The van der Waals surface area contributed by atoms with E-state index in [4.69, 9.17) is 5.73 Å². The molecule has 0 aliphatic rings. The fourth-order valence-electron chi connectivity index (χ4n) is 2.13. The van der Waals surface area contributed by atoms with E-state index in [0.29, 0.717) is 10.0 Å². The lowest BCUT2D eigenvalue weighted by molar-refractivity contribution is 0.547. The van der Waals surface area contributed by atoms with Crippen molar-refractivity contribution in [3.8, 4) is 0 Å². The standard InChI is InChI=1S/C16H17BrFN/c17-14-10-5-9-13(16(14)18)15(19)11-4-8-12-6-2-1-3-7-12/h1-3,5-7,9-10,15H,4,8,11,19H2. The first kappa shape index (κ1) is 14.2. The Morgan fingerprint density at radius 1 is 1.05 bits per heavy atom. The van der Waals surface area contributed by atoms with E-state index in [0.717, 1.165) is 19.3 Å². The molecule has 0 saturated heterocycles. The van der Waals surface area contributed by atoms with E-state index in [-0.39, 0.29) is 11.9 Å². The Labute approximate surface area is 121 Å². The van der Waals surface area contributed by atoms with E-state index >= 15 is 0 Å². The van der Waals surface area contributed by atoms with Gasteiger partial charge >= 0.3 is 0 Å². The van der Waals surface area contributed by atoms with Crippen LogP contribution in [0.4, 0.5) is 4.39 Å². The third-order valence-corrected chi connectivity index (χ3v) is 3.82. The van der Waals surface area contributed by atoms with Gasteiger partial charge in [-0.05, 0) is 46.8 Å². The number of aryl methyl sites for hydroxylation is 1. The summed E-state index contributed by atoms with van der Waals surface area (Å²) in [4.78, 5) is 0. The molecule has 0 saturated carbocycles. The molecule has 0 radical (unpaired) electrons. The Balaban J connectivity index is 1.91. The molecule has 1 nitrogen and oxygen atoms in total. The fourth-order valence-corrected chi connectivity index (χ4v) is 2.51. The number of nitrogens with two attached hydrogens (primary N) is 1. The van der Waals surface area contributed by atoms with E-state index in [1.165, 1.54) is 5.56 Å². The van der Waals surface area contributed by atoms with Gasteiger partial charge in [0.2, 0.25) is 0 Å². The summed E-state index contributed by atoms with van der Waals surface area (Å²) in [6, 6.07) is 15.3. The normalized spacial score (nSPS) is 12.4. The molecule has 0 fully saturated rings. The zero-order valence-electron chi connectivity index (χ0n) is 10.7. The highest BCUT2D eigenvalue weighted by molar-refractivity contribution is 9.10. The molecule has 0 aromatic heterocycles. The fraction of sp³-hybridized carbons (Fsp3) is 0.250. The van der Waals surface area contributed by atoms with Gasteiger partial charge in [-0.15, -0.1) is 0 Å². The Hall–Kier alpha value is -1.19. The minimum atomic E-state index is -0.249. The molecule has 1 unspecified atom stereocenters. The van der Waals surface area contributed by atoms with Crippen LogP contribution in [0.2, 0.25) is 0 Å². The van der Waals surface area contributed by atoms with Crippen molar-refractivity contribution >= 4 is 15.9 Å². The second-order valence-electron chi connectivity index (χ2n) is 4.63. The molecule has 2 rings (SSSR count). The molecule has 2 N–H and O–H groups in total. The van der Waals surface area contributed by atoms with Crippen LogP contribution < -0.4 is 5.73 Å². The van der Waals surface area contributed by atoms with Gasteiger partial charge in [-0.3, -0.25) is 0 Å². The van der Waals surface area contributed by atoms with Gasteiger partial charge < -0.3 is 5.73 Å². The van der Waals surface area contributed by atoms with Crippen molar-refractivity contribution in [2.24, 2.45) is 5.73 Å². The van der Waals surface area contributed by atoms with Gasteiger partial charge in [0.15, 0.2) is 0 Å². The van der Waals surface area contributed by atoms with Gasteiger partial charge in [-0.1, -0.05) is 42.5 Å². The van der Waals surface area contributed by atoms with Crippen LogP contribution in [0.25, 0.3) is 0 Å². The molecular weight excluding hydrogens is 305 g/mol. The Kier molecular flexibility index (Phi) is 5.11. The molecule has 0 aliphatic heterocycles. The average Bonchev–Trinajstić information content (AvgIpc) is 2.43. The van der Waals surface area contributed by atoms with E-state index in [9.17, 15) is 4.39 Å². The molecule has 3 heteroatoms. The summed E-state index contributed by atoms with van der Waals surface area (Å²) in [5.74, 6) is -0.241. The lowest BCUT2D eigenvalue weighted by Gasteiger charge is -2.13. The van der Waals surface area contributed by atoms with Crippen LogP contribution in [0.15, 0.2) is 53.0 Å². The smallest absolute Gasteiger partial charge is 0.142 e. The predicted molar refractivity (Wildman–Crippen MR) is 80.4 cm³/mol. The monoisotopic (exact) mass is 321 g/mol. The first-order valence-corrected chi connectivity index (χ1v) is 7.21. The minimum absolute atomic E-state index is 0.241. The summed E-state index contributed by atoms with van der Waals surface area (Å²) in [6.45, 7) is 0. The van der Waals surface area contributed by atoms with Crippen LogP contribution >= 0.6 is 15.9 Å². The predicted octanol–water partition coefficient (Wildman–Crippen LogP) is 4.61. The zero-order chi connectivity index (χ0) is 13.7. The largest absolute Gasteiger partial charge is 0.324 e. The Morgan fingerprint density at radius 2 is 1.79 bits per heavy atom. The van der Waals surface area contributed by atoms with Crippen molar-refractivity contribution in [2.45, 2.75) is 25.3 Å². The summed E-state index contributed by atoms with van der Waals surface area (Å²) in [7, 11) is 0. The van der Waals surface area contributed by atoms with Crippen molar-refractivity contribution < 1.29 is 4.39 Å². The molecule has 1 atom stereocenters. The Bertz CT molecular complexity index is 528. The maximum atomic E-state index is 13.9. The van der Waals surface area contributed by atoms with Gasteiger partial charge in [-0.2, -0.15) is 0 Å². The number of hydrogen-bond donors (Lipinski definition) is 1. The number of halogens is 2. The summed E-state index contributed by atoms with van der Waals surface area (Å²) in [5.41, 5.74) is 7.95. The topological polar surface area (TPSA) is 26.0 Å². The van der Waals surface area contributed by atoms with Crippen LogP contribution in [0.5, 0.6) is 0 Å². The van der Waals surface area contributed by atoms with Gasteiger partial charge in [0.1, 0.15) is 5.82 Å². The van der Waals surface area contributed by atoms with Crippen molar-refractivity contribution in [3.63, 3.8) is 0 Å². The van der Waals surface area contributed by atoms with Crippen molar-refractivity contribution in [3.05, 3.63) is 69.9 Å². The summed E-state index contributed by atoms with van der Waals surface area (Å²) in [5, 5.41) is 0. The molecule has 0 amide bonds. The van der Waals surface area contributed by atoms with E-state index in [1.54, 1.807) is 12.1 Å². The molecule has 0 aliphatic carbocycles. The van der Waals surface area contributed by atoms with E-state index < -0.39 is 0 Å². The van der Waals surface area contributed by atoms with Gasteiger partial charge in [0, 0.05) is 11.6 Å². The maximum Gasteiger partial charge on any atom is 0.142 e. The third kappa shape index (κ3) is 3.88. The molecule has 19 heavy (non-hydrogen) atoms. The molecule has 2 aromatic rings. The lowest BCUT2D eigenvalue weighted by atomic mass is 9.99. The van der Waals surface area contributed by atoms with E-state index in [1.807, 2.05) is 24.3 Å². The van der Waals surface area contributed by atoms with E-state index in [2.05, 4.69) is 28.1 Å². The number of hydrogen-bond acceptors (Lipinski definition) is 1. The first-order chi connectivity index (χ1) is 9.18.